The van der Waals surface area contributed by atoms with Gasteiger partial charge in [0.1, 0.15) is 5.69 Å². The molecule has 4 rings (SSSR count). The van der Waals surface area contributed by atoms with Crippen LogP contribution in [0.1, 0.15) is 40.2 Å². The predicted octanol–water partition coefficient (Wildman–Crippen LogP) is 2.35. The van der Waals surface area contributed by atoms with E-state index in [1.807, 2.05) is 4.90 Å². The number of carbonyl (C=O) groups excluding carboxylic acids is 1. The van der Waals surface area contributed by atoms with Crippen LogP contribution < -0.4 is 0 Å². The van der Waals surface area contributed by atoms with Crippen molar-refractivity contribution in [2.45, 2.75) is 38.6 Å². The molecule has 0 radical (unpaired) electrons. The molecule has 0 saturated carbocycles. The van der Waals surface area contributed by atoms with Crippen molar-refractivity contribution in [2.24, 2.45) is 5.92 Å². The second-order valence-corrected chi connectivity index (χ2v) is 8.28. The van der Waals surface area contributed by atoms with Gasteiger partial charge < -0.3 is 9.64 Å². The number of hydrogen-bond acceptors (Lipinski definition) is 6. The zero-order valence-electron chi connectivity index (χ0n) is 17.3. The number of likely N-dealkylation sites (tertiary alicyclic amines) is 1. The average molecular weight is 399 g/mol. The smallest absolute Gasteiger partial charge is 0.278 e. The summed E-state index contributed by atoms with van der Waals surface area (Å²) in [6.07, 6.45) is 4.59. The molecule has 1 aromatic heterocycles. The van der Waals surface area contributed by atoms with Crippen LogP contribution in [0.2, 0.25) is 0 Å². The van der Waals surface area contributed by atoms with E-state index in [0.717, 1.165) is 32.4 Å². The number of methoxy groups -OCH3 is 1. The first kappa shape index (κ1) is 20.0. The van der Waals surface area contributed by atoms with Gasteiger partial charge in [-0.25, -0.2) is 4.63 Å². The molecule has 1 saturated heterocycles. The third-order valence-electron chi connectivity index (χ3n) is 6.28. The van der Waals surface area contributed by atoms with E-state index in [2.05, 4.69) is 39.5 Å². The number of amides is 1. The number of carbonyl (C=O) groups is 1. The topological polar surface area (TPSA) is 71.7 Å². The second-order valence-electron chi connectivity index (χ2n) is 8.28. The lowest BCUT2D eigenvalue weighted by atomic mass is 9.95. The van der Waals surface area contributed by atoms with Gasteiger partial charge in [-0.1, -0.05) is 29.4 Å². The first-order valence-corrected chi connectivity index (χ1v) is 10.5. The summed E-state index contributed by atoms with van der Waals surface area (Å²) in [5.41, 5.74) is 3.82. The van der Waals surface area contributed by atoms with Gasteiger partial charge in [-0.05, 0) is 61.4 Å². The van der Waals surface area contributed by atoms with E-state index in [1.54, 1.807) is 14.0 Å². The minimum Gasteiger partial charge on any atom is -0.383 e. The third-order valence-corrected chi connectivity index (χ3v) is 6.28. The minimum absolute atomic E-state index is 0.119. The number of rotatable bonds is 7. The Balaban J connectivity index is 1.40. The lowest BCUT2D eigenvalue weighted by Gasteiger charge is -2.38. The molecule has 0 spiro atoms. The Hall–Kier alpha value is -2.25. The molecule has 2 aliphatic rings. The van der Waals surface area contributed by atoms with Crippen LogP contribution in [0.3, 0.4) is 0 Å². The summed E-state index contributed by atoms with van der Waals surface area (Å²) in [5, 5.41) is 7.57. The third kappa shape index (κ3) is 4.51. The first-order chi connectivity index (χ1) is 14.2. The van der Waals surface area contributed by atoms with Crippen molar-refractivity contribution in [3.63, 3.8) is 0 Å². The molecular weight excluding hydrogens is 368 g/mol. The predicted molar refractivity (Wildman–Crippen MR) is 109 cm³/mol. The van der Waals surface area contributed by atoms with Crippen LogP contribution in [-0.2, 0) is 17.6 Å². The fourth-order valence-corrected chi connectivity index (χ4v) is 4.74. The van der Waals surface area contributed by atoms with Crippen molar-refractivity contribution in [1.82, 2.24) is 20.1 Å². The fraction of sp³-hybridized carbons (Fsp3) is 0.591. The number of nitrogens with zero attached hydrogens (tertiary/aromatic N) is 4. The van der Waals surface area contributed by atoms with Crippen molar-refractivity contribution in [1.29, 1.82) is 0 Å². The van der Waals surface area contributed by atoms with Crippen LogP contribution in [0, 0.1) is 12.8 Å². The highest BCUT2D eigenvalue weighted by molar-refractivity contribution is 5.93. The van der Waals surface area contributed by atoms with Gasteiger partial charge in [-0.3, -0.25) is 9.69 Å². The maximum atomic E-state index is 13.0. The van der Waals surface area contributed by atoms with E-state index in [4.69, 9.17) is 9.37 Å². The largest absolute Gasteiger partial charge is 0.383 e. The Labute approximate surface area is 172 Å². The number of aryl methyl sites for hydroxylation is 1. The molecule has 2 heterocycles. The van der Waals surface area contributed by atoms with Gasteiger partial charge in [-0.2, -0.15) is 0 Å². The van der Waals surface area contributed by atoms with Crippen molar-refractivity contribution < 1.29 is 14.2 Å². The molecule has 29 heavy (non-hydrogen) atoms. The summed E-state index contributed by atoms with van der Waals surface area (Å²) >= 11 is 0. The Bertz CT molecular complexity index is 812. The van der Waals surface area contributed by atoms with Crippen molar-refractivity contribution >= 4 is 5.91 Å². The first-order valence-electron chi connectivity index (χ1n) is 10.5. The Morgan fingerprint density at radius 2 is 2.03 bits per heavy atom. The van der Waals surface area contributed by atoms with Gasteiger partial charge in [-0.15, -0.1) is 0 Å². The number of benzene rings is 1. The molecule has 1 aliphatic heterocycles. The van der Waals surface area contributed by atoms with Crippen LogP contribution in [0.4, 0.5) is 0 Å². The van der Waals surface area contributed by atoms with Crippen LogP contribution in [-0.4, -0.2) is 72.0 Å². The normalized spacial score (nSPS) is 20.0. The summed E-state index contributed by atoms with van der Waals surface area (Å²) in [7, 11) is 1.66. The molecule has 1 unspecified atom stereocenters. The van der Waals surface area contributed by atoms with Crippen LogP contribution in [0.25, 0.3) is 0 Å². The highest BCUT2D eigenvalue weighted by Gasteiger charge is 2.32. The van der Waals surface area contributed by atoms with Crippen molar-refractivity contribution in [3.8, 4) is 0 Å². The van der Waals surface area contributed by atoms with Gasteiger partial charge in [0.05, 0.1) is 6.61 Å². The van der Waals surface area contributed by atoms with E-state index in [-0.39, 0.29) is 5.91 Å². The zero-order valence-corrected chi connectivity index (χ0v) is 17.3. The Kier molecular flexibility index (Phi) is 6.25. The highest BCUT2D eigenvalue weighted by Crippen LogP contribution is 2.29. The number of ether oxygens (including phenoxy) is 1. The molecule has 1 aromatic carbocycles. The highest BCUT2D eigenvalue weighted by atomic mass is 16.6. The van der Waals surface area contributed by atoms with Gasteiger partial charge in [0, 0.05) is 32.8 Å². The SMILES string of the molecule is COCCN(CC1CCCN(C2Cc3ccccc3C2)C1)C(=O)c1nonc1C. The summed E-state index contributed by atoms with van der Waals surface area (Å²) in [6, 6.07) is 9.38. The van der Waals surface area contributed by atoms with Crippen molar-refractivity contribution in [2.75, 3.05) is 39.9 Å². The molecule has 1 amide bonds. The number of piperidine rings is 1. The standard InChI is InChI=1S/C22H30N4O3/c1-16-21(24-29-23-16)22(27)26(10-11-28-2)15-17-6-5-9-25(14-17)20-12-18-7-3-4-8-19(18)13-20/h3-4,7-8,17,20H,5-6,9-15H2,1-2H3. The monoisotopic (exact) mass is 398 g/mol. The molecule has 2 aromatic rings. The number of hydrogen-bond donors (Lipinski definition) is 0. The van der Waals surface area contributed by atoms with E-state index in [0.29, 0.717) is 43.0 Å². The summed E-state index contributed by atoms with van der Waals surface area (Å²) < 4.78 is 9.97. The molecular formula is C22H30N4O3. The maximum absolute atomic E-state index is 13.0. The lowest BCUT2D eigenvalue weighted by Crippen LogP contribution is -2.47. The average Bonchev–Trinajstić information content (AvgIpc) is 3.37. The summed E-state index contributed by atoms with van der Waals surface area (Å²) in [4.78, 5) is 17.5. The quantitative estimate of drug-likeness (QED) is 0.713. The fourth-order valence-electron chi connectivity index (χ4n) is 4.74. The summed E-state index contributed by atoms with van der Waals surface area (Å²) in [5.74, 6) is 0.333. The van der Waals surface area contributed by atoms with E-state index in [1.165, 1.54) is 17.5 Å². The molecule has 0 bridgehead atoms. The molecule has 1 fully saturated rings. The molecule has 156 valence electrons. The van der Waals surface area contributed by atoms with Crippen LogP contribution in [0.5, 0.6) is 0 Å². The van der Waals surface area contributed by atoms with Crippen molar-refractivity contribution in [3.05, 3.63) is 46.8 Å². The second kappa shape index (κ2) is 9.05. The lowest BCUT2D eigenvalue weighted by molar-refractivity contribution is 0.0564. The summed E-state index contributed by atoms with van der Waals surface area (Å²) in [6.45, 7) is 5.69. The zero-order chi connectivity index (χ0) is 20.2. The molecule has 7 nitrogen and oxygen atoms in total. The molecule has 0 N–H and O–H groups in total. The van der Waals surface area contributed by atoms with Crippen LogP contribution in [0.15, 0.2) is 28.9 Å². The molecule has 1 atom stereocenters. The van der Waals surface area contributed by atoms with Crippen LogP contribution >= 0.6 is 0 Å². The maximum Gasteiger partial charge on any atom is 0.278 e. The van der Waals surface area contributed by atoms with Gasteiger partial charge in [0.15, 0.2) is 5.69 Å². The van der Waals surface area contributed by atoms with Gasteiger partial charge in [0.2, 0.25) is 0 Å². The molecule has 1 aliphatic carbocycles. The van der Waals surface area contributed by atoms with E-state index < -0.39 is 0 Å². The van der Waals surface area contributed by atoms with Gasteiger partial charge in [0.25, 0.3) is 5.91 Å². The van der Waals surface area contributed by atoms with E-state index >= 15 is 0 Å². The Morgan fingerprint density at radius 1 is 1.28 bits per heavy atom. The minimum atomic E-state index is -0.119. The van der Waals surface area contributed by atoms with E-state index in [9.17, 15) is 4.79 Å². The number of fused-ring (bicyclic) bond motifs is 1. The Morgan fingerprint density at radius 3 is 2.69 bits per heavy atom. The molecule has 7 heteroatoms. The van der Waals surface area contributed by atoms with Gasteiger partial charge >= 0.3 is 0 Å². The number of aromatic nitrogens is 2.